The molecule has 1 amide bonds. The number of aromatic nitrogens is 4. The Hall–Kier alpha value is -4.72. The van der Waals surface area contributed by atoms with Gasteiger partial charge in [0, 0.05) is 48.0 Å². The van der Waals surface area contributed by atoms with Gasteiger partial charge in [-0.3, -0.25) is 19.1 Å². The molecular weight excluding hydrogens is 476 g/mol. The highest BCUT2D eigenvalue weighted by atomic mass is 16.2. The molecule has 1 fully saturated rings. The largest absolute Gasteiger partial charge is 0.357 e. The third-order valence-electron chi connectivity index (χ3n) is 7.12. The SMILES string of the molecule is O=C(Cn1c(-c2ccccc2)cnc(N2CC[C@H](c3ccccc3)C2)c1=O)NCc1cc2cnccc2[nH]1. The van der Waals surface area contributed by atoms with Gasteiger partial charge >= 0.3 is 0 Å². The van der Waals surface area contributed by atoms with E-state index in [0.29, 0.717) is 24.0 Å². The molecule has 0 spiro atoms. The average molecular weight is 505 g/mol. The lowest BCUT2D eigenvalue weighted by Crippen LogP contribution is -2.37. The molecule has 0 saturated carbocycles. The van der Waals surface area contributed by atoms with Gasteiger partial charge in [-0.25, -0.2) is 4.98 Å². The van der Waals surface area contributed by atoms with Crippen molar-refractivity contribution >= 4 is 22.6 Å². The maximum Gasteiger partial charge on any atom is 0.294 e. The second-order valence-electron chi connectivity index (χ2n) is 9.60. The lowest BCUT2D eigenvalue weighted by molar-refractivity contribution is -0.121. The number of anilines is 1. The number of hydrogen-bond donors (Lipinski definition) is 2. The zero-order valence-corrected chi connectivity index (χ0v) is 20.9. The number of H-pyrrole nitrogens is 1. The number of amides is 1. The Kier molecular flexibility index (Phi) is 6.44. The Morgan fingerprint density at radius 1 is 1.03 bits per heavy atom. The van der Waals surface area contributed by atoms with Gasteiger partial charge in [0.05, 0.1) is 18.4 Å². The fourth-order valence-electron chi connectivity index (χ4n) is 5.16. The number of fused-ring (bicyclic) bond motifs is 1. The Balaban J connectivity index is 1.25. The summed E-state index contributed by atoms with van der Waals surface area (Å²) in [7, 11) is 0. The molecule has 1 aliphatic heterocycles. The topological polar surface area (TPSA) is 95.9 Å². The molecule has 0 bridgehead atoms. The van der Waals surface area contributed by atoms with E-state index in [-0.39, 0.29) is 18.0 Å². The minimum atomic E-state index is -0.257. The van der Waals surface area contributed by atoms with Crippen molar-refractivity contribution in [2.75, 3.05) is 18.0 Å². The average Bonchev–Trinajstić information content (AvgIpc) is 3.61. The van der Waals surface area contributed by atoms with Crippen molar-refractivity contribution in [1.29, 1.82) is 0 Å². The number of carbonyl (C=O) groups is 1. The van der Waals surface area contributed by atoms with Crippen molar-refractivity contribution in [3.8, 4) is 11.3 Å². The van der Waals surface area contributed by atoms with Crippen molar-refractivity contribution in [2.45, 2.75) is 25.4 Å². The zero-order chi connectivity index (χ0) is 25.9. The van der Waals surface area contributed by atoms with Crippen molar-refractivity contribution in [3.05, 3.63) is 113 Å². The van der Waals surface area contributed by atoms with Crippen LogP contribution in [0, 0.1) is 0 Å². The molecule has 8 heteroatoms. The van der Waals surface area contributed by atoms with Crippen LogP contribution in [0.3, 0.4) is 0 Å². The third kappa shape index (κ3) is 4.80. The molecule has 3 aromatic heterocycles. The number of nitrogens with zero attached hydrogens (tertiary/aromatic N) is 4. The quantitative estimate of drug-likeness (QED) is 0.348. The first-order chi connectivity index (χ1) is 18.7. The highest BCUT2D eigenvalue weighted by Crippen LogP contribution is 2.29. The van der Waals surface area contributed by atoms with Gasteiger partial charge in [-0.15, -0.1) is 0 Å². The normalized spacial score (nSPS) is 15.2. The van der Waals surface area contributed by atoms with E-state index in [4.69, 9.17) is 0 Å². The summed E-state index contributed by atoms with van der Waals surface area (Å²) in [6, 6.07) is 23.8. The number of hydrogen-bond acceptors (Lipinski definition) is 5. The van der Waals surface area contributed by atoms with Crippen molar-refractivity contribution in [2.24, 2.45) is 0 Å². The molecule has 8 nitrogen and oxygen atoms in total. The molecule has 1 aliphatic rings. The molecule has 0 radical (unpaired) electrons. The number of aromatic amines is 1. The predicted molar refractivity (Wildman–Crippen MR) is 148 cm³/mol. The maximum absolute atomic E-state index is 13.8. The molecule has 2 aromatic carbocycles. The smallest absolute Gasteiger partial charge is 0.294 e. The molecule has 1 atom stereocenters. The first-order valence-electron chi connectivity index (χ1n) is 12.8. The van der Waals surface area contributed by atoms with Crippen LogP contribution < -0.4 is 15.8 Å². The van der Waals surface area contributed by atoms with E-state index in [1.807, 2.05) is 65.6 Å². The number of nitrogens with one attached hydrogen (secondary N) is 2. The van der Waals surface area contributed by atoms with Crippen molar-refractivity contribution < 1.29 is 4.79 Å². The van der Waals surface area contributed by atoms with Crippen LogP contribution in [-0.4, -0.2) is 38.5 Å². The molecule has 1 saturated heterocycles. The Labute approximate surface area is 220 Å². The van der Waals surface area contributed by atoms with E-state index in [2.05, 4.69) is 32.4 Å². The summed E-state index contributed by atoms with van der Waals surface area (Å²) in [5.74, 6) is 0.482. The van der Waals surface area contributed by atoms with Crippen LogP contribution in [0.5, 0.6) is 0 Å². The van der Waals surface area contributed by atoms with Gasteiger partial charge in [-0.1, -0.05) is 60.7 Å². The number of pyridine rings is 1. The van der Waals surface area contributed by atoms with Gasteiger partial charge in [0.15, 0.2) is 5.82 Å². The minimum Gasteiger partial charge on any atom is -0.357 e. The summed E-state index contributed by atoms with van der Waals surface area (Å²) in [5.41, 5.74) is 4.30. The Bertz CT molecular complexity index is 1590. The van der Waals surface area contributed by atoms with E-state index in [1.165, 1.54) is 10.1 Å². The highest BCUT2D eigenvalue weighted by Gasteiger charge is 2.27. The van der Waals surface area contributed by atoms with E-state index in [1.54, 1.807) is 18.6 Å². The predicted octanol–water partition coefficient (Wildman–Crippen LogP) is 4.10. The van der Waals surface area contributed by atoms with Gasteiger partial charge in [0.1, 0.15) is 6.54 Å². The molecule has 5 aromatic rings. The van der Waals surface area contributed by atoms with Crippen LogP contribution in [0.4, 0.5) is 5.82 Å². The Morgan fingerprint density at radius 3 is 2.61 bits per heavy atom. The maximum atomic E-state index is 13.8. The first kappa shape index (κ1) is 23.7. The number of carbonyl (C=O) groups excluding carboxylic acids is 1. The lowest BCUT2D eigenvalue weighted by Gasteiger charge is -2.20. The highest BCUT2D eigenvalue weighted by molar-refractivity contribution is 5.80. The lowest BCUT2D eigenvalue weighted by atomic mass is 9.99. The summed E-state index contributed by atoms with van der Waals surface area (Å²) < 4.78 is 1.54. The second kappa shape index (κ2) is 10.3. The minimum absolute atomic E-state index is 0.101. The molecule has 0 unspecified atom stereocenters. The van der Waals surface area contributed by atoms with Crippen LogP contribution in [0.1, 0.15) is 23.6 Å². The molecule has 38 heavy (non-hydrogen) atoms. The van der Waals surface area contributed by atoms with Crippen LogP contribution in [-0.2, 0) is 17.9 Å². The van der Waals surface area contributed by atoms with Crippen molar-refractivity contribution in [1.82, 2.24) is 24.8 Å². The molecule has 2 N–H and O–H groups in total. The van der Waals surface area contributed by atoms with E-state index >= 15 is 0 Å². The standard InChI is InChI=1S/C30H28N6O2/c37-28(32-17-25-15-24-16-31-13-11-26(24)34-25)20-36-27(22-9-5-2-6-10-22)18-33-29(30(36)38)35-14-12-23(19-35)21-7-3-1-4-8-21/h1-11,13,15-16,18,23,34H,12,14,17,19-20H2,(H,32,37)/t23-/m0/s1. The molecular formula is C30H28N6O2. The first-order valence-corrected chi connectivity index (χ1v) is 12.8. The molecule has 190 valence electrons. The molecule has 6 rings (SSSR count). The molecule has 4 heterocycles. The summed E-state index contributed by atoms with van der Waals surface area (Å²) in [6.45, 7) is 1.69. The van der Waals surface area contributed by atoms with Gasteiger partial charge in [0.2, 0.25) is 5.91 Å². The number of benzene rings is 2. The summed E-state index contributed by atoms with van der Waals surface area (Å²) in [6.07, 6.45) is 6.16. The van der Waals surface area contributed by atoms with Gasteiger partial charge in [-0.2, -0.15) is 0 Å². The van der Waals surface area contributed by atoms with Crippen molar-refractivity contribution in [3.63, 3.8) is 0 Å². The van der Waals surface area contributed by atoms with E-state index in [0.717, 1.165) is 41.7 Å². The zero-order valence-electron chi connectivity index (χ0n) is 20.9. The van der Waals surface area contributed by atoms with Gasteiger partial charge < -0.3 is 15.2 Å². The fraction of sp³-hybridized carbons (Fsp3) is 0.200. The monoisotopic (exact) mass is 504 g/mol. The van der Waals surface area contributed by atoms with Crippen LogP contribution in [0.25, 0.3) is 22.2 Å². The van der Waals surface area contributed by atoms with E-state index in [9.17, 15) is 9.59 Å². The van der Waals surface area contributed by atoms with Crippen LogP contribution in [0.2, 0.25) is 0 Å². The third-order valence-corrected chi connectivity index (χ3v) is 7.12. The van der Waals surface area contributed by atoms with Crippen LogP contribution in [0.15, 0.2) is 96.2 Å². The van der Waals surface area contributed by atoms with Gasteiger partial charge in [-0.05, 0) is 29.7 Å². The summed E-state index contributed by atoms with van der Waals surface area (Å²) in [4.78, 5) is 40.9. The fourth-order valence-corrected chi connectivity index (χ4v) is 5.16. The summed E-state index contributed by atoms with van der Waals surface area (Å²) >= 11 is 0. The Morgan fingerprint density at radius 2 is 1.82 bits per heavy atom. The summed E-state index contributed by atoms with van der Waals surface area (Å²) in [5, 5.41) is 3.93. The van der Waals surface area contributed by atoms with Crippen LogP contribution >= 0.6 is 0 Å². The van der Waals surface area contributed by atoms with E-state index < -0.39 is 0 Å². The van der Waals surface area contributed by atoms with Gasteiger partial charge in [0.25, 0.3) is 5.56 Å². The second-order valence-corrected chi connectivity index (χ2v) is 9.60. The molecule has 0 aliphatic carbocycles. The number of rotatable bonds is 7.